The number of nitrogens with zero attached hydrogens (tertiary/aromatic N) is 1. The quantitative estimate of drug-likeness (QED) is 0.633. The lowest BCUT2D eigenvalue weighted by atomic mass is 10.0. The summed E-state index contributed by atoms with van der Waals surface area (Å²) in [6.07, 6.45) is -0.503. The van der Waals surface area contributed by atoms with E-state index < -0.39 is 43.9 Å². The zero-order valence-corrected chi connectivity index (χ0v) is 11.6. The molecule has 1 atom stereocenters. The molecule has 0 bridgehead atoms. The molecule has 0 aromatic heterocycles. The number of rotatable bonds is 4. The van der Waals surface area contributed by atoms with Gasteiger partial charge in [-0.05, 0) is 6.07 Å². The molecule has 2 rings (SSSR count). The molecule has 1 heterocycles. The highest BCUT2D eigenvalue weighted by molar-refractivity contribution is 7.89. The standard InChI is InChI=1S/C11H13F2N3O4S/c12-11(13)5-6-14-7-10(11)15-21(19,20)9-4-2-1-3-8(9)16(17)18/h1-4,10,14-15H,5-7H2. The Balaban J connectivity index is 2.33. The zero-order valence-electron chi connectivity index (χ0n) is 10.8. The second-order valence-corrected chi connectivity index (χ2v) is 6.30. The van der Waals surface area contributed by atoms with Crippen LogP contribution >= 0.6 is 0 Å². The van der Waals surface area contributed by atoms with Crippen LogP contribution in [0, 0.1) is 10.1 Å². The maximum atomic E-state index is 13.7. The lowest BCUT2D eigenvalue weighted by molar-refractivity contribution is -0.387. The predicted molar refractivity (Wildman–Crippen MR) is 69.6 cm³/mol. The van der Waals surface area contributed by atoms with Crippen molar-refractivity contribution in [3.8, 4) is 0 Å². The number of nitro groups is 1. The summed E-state index contributed by atoms with van der Waals surface area (Å²) in [6, 6.07) is 2.96. The number of nitro benzene ring substituents is 1. The Morgan fingerprint density at radius 2 is 2.05 bits per heavy atom. The van der Waals surface area contributed by atoms with Crippen LogP contribution < -0.4 is 10.0 Å². The Kier molecular flexibility index (Phi) is 4.21. The molecule has 1 aliphatic heterocycles. The monoisotopic (exact) mass is 321 g/mol. The van der Waals surface area contributed by atoms with Gasteiger partial charge in [0.2, 0.25) is 10.0 Å². The number of alkyl halides is 2. The molecular formula is C11H13F2N3O4S. The van der Waals surface area contributed by atoms with E-state index in [1.54, 1.807) is 0 Å². The van der Waals surface area contributed by atoms with Crippen LogP contribution in [0.15, 0.2) is 29.2 Å². The third-order valence-corrected chi connectivity index (χ3v) is 4.66. The Morgan fingerprint density at radius 3 is 2.67 bits per heavy atom. The van der Waals surface area contributed by atoms with E-state index in [9.17, 15) is 27.3 Å². The molecule has 1 aromatic rings. The number of piperidine rings is 1. The van der Waals surface area contributed by atoms with Crippen LogP contribution in [-0.4, -0.2) is 38.4 Å². The second-order valence-electron chi connectivity index (χ2n) is 4.61. The Hall–Kier alpha value is -1.65. The molecule has 116 valence electrons. The Bertz CT molecular complexity index is 651. The SMILES string of the molecule is O=[N+]([O-])c1ccccc1S(=O)(=O)NC1CNCCC1(F)F. The molecule has 0 aliphatic carbocycles. The van der Waals surface area contributed by atoms with Gasteiger partial charge in [-0.1, -0.05) is 12.1 Å². The largest absolute Gasteiger partial charge is 0.315 e. The first-order chi connectivity index (χ1) is 9.74. The molecule has 1 unspecified atom stereocenters. The van der Waals surface area contributed by atoms with E-state index in [0.29, 0.717) is 0 Å². The van der Waals surface area contributed by atoms with E-state index in [0.717, 1.165) is 12.1 Å². The molecule has 1 aliphatic rings. The van der Waals surface area contributed by atoms with Crippen molar-refractivity contribution in [1.82, 2.24) is 10.0 Å². The summed E-state index contributed by atoms with van der Waals surface area (Å²) in [5.74, 6) is -3.21. The number of benzene rings is 1. The third kappa shape index (κ3) is 3.34. The van der Waals surface area contributed by atoms with Crippen LogP contribution in [0.1, 0.15) is 6.42 Å². The summed E-state index contributed by atoms with van der Waals surface area (Å²) in [6.45, 7) is -0.163. The van der Waals surface area contributed by atoms with Gasteiger partial charge in [-0.3, -0.25) is 10.1 Å². The molecule has 1 saturated heterocycles. The Morgan fingerprint density at radius 1 is 1.38 bits per heavy atom. The topological polar surface area (TPSA) is 101 Å². The second kappa shape index (κ2) is 5.62. The zero-order chi connectivity index (χ0) is 15.7. The summed E-state index contributed by atoms with van der Waals surface area (Å²) in [7, 11) is -4.42. The van der Waals surface area contributed by atoms with Crippen molar-refractivity contribution in [2.45, 2.75) is 23.3 Å². The molecule has 7 nitrogen and oxygen atoms in total. The maximum absolute atomic E-state index is 13.7. The highest BCUT2D eigenvalue weighted by atomic mass is 32.2. The van der Waals surface area contributed by atoms with E-state index in [4.69, 9.17) is 0 Å². The van der Waals surface area contributed by atoms with E-state index in [2.05, 4.69) is 5.32 Å². The molecule has 1 aromatic carbocycles. The number of sulfonamides is 1. The van der Waals surface area contributed by atoms with Crippen molar-refractivity contribution in [3.63, 3.8) is 0 Å². The lowest BCUT2D eigenvalue weighted by Crippen LogP contribution is -2.57. The molecular weight excluding hydrogens is 308 g/mol. The minimum absolute atomic E-state index is 0.0801. The molecule has 0 saturated carbocycles. The highest BCUT2D eigenvalue weighted by Crippen LogP contribution is 2.28. The maximum Gasteiger partial charge on any atom is 0.289 e. The van der Waals surface area contributed by atoms with Gasteiger partial charge in [0.25, 0.3) is 11.6 Å². The smallest absolute Gasteiger partial charge is 0.289 e. The van der Waals surface area contributed by atoms with Gasteiger partial charge < -0.3 is 5.32 Å². The molecule has 1 fully saturated rings. The van der Waals surface area contributed by atoms with Gasteiger partial charge >= 0.3 is 0 Å². The van der Waals surface area contributed by atoms with Crippen molar-refractivity contribution in [1.29, 1.82) is 0 Å². The predicted octanol–water partition coefficient (Wildman–Crippen LogP) is 0.870. The number of hydrogen-bond acceptors (Lipinski definition) is 5. The average Bonchev–Trinajstić information content (AvgIpc) is 2.41. The minimum Gasteiger partial charge on any atom is -0.315 e. The fourth-order valence-corrected chi connectivity index (χ4v) is 3.47. The van der Waals surface area contributed by atoms with E-state index >= 15 is 0 Å². The van der Waals surface area contributed by atoms with Gasteiger partial charge in [-0.15, -0.1) is 0 Å². The van der Waals surface area contributed by atoms with Crippen LogP contribution in [-0.2, 0) is 10.0 Å². The van der Waals surface area contributed by atoms with Crippen LogP contribution in [0.5, 0.6) is 0 Å². The van der Waals surface area contributed by atoms with Crippen molar-refractivity contribution < 1.29 is 22.1 Å². The first-order valence-corrected chi connectivity index (χ1v) is 7.57. The third-order valence-electron chi connectivity index (χ3n) is 3.14. The van der Waals surface area contributed by atoms with Crippen LogP contribution in [0.25, 0.3) is 0 Å². The summed E-state index contributed by atoms with van der Waals surface area (Å²) in [5.41, 5.74) is -0.655. The van der Waals surface area contributed by atoms with E-state index in [1.165, 1.54) is 12.1 Å². The Labute approximate surface area is 119 Å². The first-order valence-electron chi connectivity index (χ1n) is 6.08. The number of halogens is 2. The van der Waals surface area contributed by atoms with Gasteiger partial charge in [0.15, 0.2) is 4.90 Å². The summed E-state index contributed by atoms with van der Waals surface area (Å²) >= 11 is 0. The van der Waals surface area contributed by atoms with E-state index in [-0.39, 0.29) is 13.1 Å². The van der Waals surface area contributed by atoms with Crippen molar-refractivity contribution in [2.24, 2.45) is 0 Å². The molecule has 0 radical (unpaired) electrons. The van der Waals surface area contributed by atoms with Crippen LogP contribution in [0.4, 0.5) is 14.5 Å². The summed E-state index contributed by atoms with van der Waals surface area (Å²) in [4.78, 5) is 9.34. The molecule has 10 heteroatoms. The van der Waals surface area contributed by atoms with Crippen molar-refractivity contribution >= 4 is 15.7 Å². The fraction of sp³-hybridized carbons (Fsp3) is 0.455. The number of hydrogen-bond donors (Lipinski definition) is 2. The molecule has 2 N–H and O–H groups in total. The van der Waals surface area contributed by atoms with Gasteiger partial charge in [-0.25, -0.2) is 21.9 Å². The fourth-order valence-electron chi connectivity index (χ4n) is 2.04. The van der Waals surface area contributed by atoms with Crippen molar-refractivity contribution in [3.05, 3.63) is 34.4 Å². The summed E-state index contributed by atoms with van der Waals surface area (Å²) in [5, 5.41) is 13.5. The molecule has 0 spiro atoms. The normalized spacial score (nSPS) is 21.9. The average molecular weight is 321 g/mol. The van der Waals surface area contributed by atoms with E-state index in [1.807, 2.05) is 4.72 Å². The first kappa shape index (κ1) is 15.7. The van der Waals surface area contributed by atoms with Gasteiger partial charge in [-0.2, -0.15) is 0 Å². The number of para-hydroxylation sites is 1. The number of nitrogens with one attached hydrogen (secondary N) is 2. The van der Waals surface area contributed by atoms with Crippen molar-refractivity contribution in [2.75, 3.05) is 13.1 Å². The van der Waals surface area contributed by atoms with Crippen LogP contribution in [0.3, 0.4) is 0 Å². The highest BCUT2D eigenvalue weighted by Gasteiger charge is 2.44. The van der Waals surface area contributed by atoms with Gasteiger partial charge in [0.1, 0.15) is 0 Å². The van der Waals surface area contributed by atoms with Gasteiger partial charge in [0.05, 0.1) is 11.0 Å². The summed E-state index contributed by atoms with van der Waals surface area (Å²) < 4.78 is 53.5. The van der Waals surface area contributed by atoms with Crippen LogP contribution in [0.2, 0.25) is 0 Å². The lowest BCUT2D eigenvalue weighted by Gasteiger charge is -2.32. The molecule has 21 heavy (non-hydrogen) atoms. The van der Waals surface area contributed by atoms with Gasteiger partial charge in [0, 0.05) is 25.6 Å². The minimum atomic E-state index is -4.42. The molecule has 0 amide bonds.